The molecule has 0 aliphatic rings. The van der Waals surface area contributed by atoms with Crippen molar-refractivity contribution >= 4 is 36.3 Å². The van der Waals surface area contributed by atoms with Crippen molar-refractivity contribution in [2.45, 2.75) is 31.0 Å². The second-order valence-electron chi connectivity index (χ2n) is 4.44. The number of thiol groups is 1. The van der Waals surface area contributed by atoms with Crippen LogP contribution < -0.4 is 22.1 Å². The third-order valence-corrected chi connectivity index (χ3v) is 3.01. The fourth-order valence-corrected chi connectivity index (χ4v) is 1.62. The minimum absolute atomic E-state index is 0.135. The van der Waals surface area contributed by atoms with Gasteiger partial charge in [-0.25, -0.2) is 4.79 Å². The average molecular weight is 336 g/mol. The predicted octanol–water partition coefficient (Wildman–Crippen LogP) is -3.44. The Bertz CT molecular complexity index is 433. The van der Waals surface area contributed by atoms with E-state index in [4.69, 9.17) is 21.7 Å². The van der Waals surface area contributed by atoms with Gasteiger partial charge in [0.1, 0.15) is 18.1 Å². The van der Waals surface area contributed by atoms with E-state index in [-0.39, 0.29) is 18.6 Å². The number of primary amides is 1. The van der Waals surface area contributed by atoms with Gasteiger partial charge in [0.05, 0.1) is 6.61 Å². The molecule has 0 aliphatic carbocycles. The van der Waals surface area contributed by atoms with Crippen LogP contribution in [0.1, 0.15) is 12.8 Å². The first-order valence-electron chi connectivity index (χ1n) is 6.32. The highest BCUT2D eigenvalue weighted by atomic mass is 32.1. The molecule has 0 radical (unpaired) electrons. The van der Waals surface area contributed by atoms with Crippen molar-refractivity contribution in [1.29, 1.82) is 0 Å². The maximum absolute atomic E-state index is 12.0. The minimum atomic E-state index is -1.30. The molecule has 0 bridgehead atoms. The molecule has 22 heavy (non-hydrogen) atoms. The van der Waals surface area contributed by atoms with Gasteiger partial charge < -0.3 is 32.3 Å². The number of rotatable bonds is 10. The Kier molecular flexibility index (Phi) is 9.13. The maximum Gasteiger partial charge on any atom is 0.327 e. The molecule has 0 fully saturated rings. The van der Waals surface area contributed by atoms with Gasteiger partial charge in [0.15, 0.2) is 0 Å². The first-order valence-corrected chi connectivity index (χ1v) is 6.95. The van der Waals surface area contributed by atoms with E-state index < -0.39 is 48.4 Å². The fraction of sp³-hybridized carbons (Fsp3) is 0.636. The lowest BCUT2D eigenvalue weighted by Crippen LogP contribution is -2.55. The van der Waals surface area contributed by atoms with E-state index >= 15 is 0 Å². The van der Waals surface area contributed by atoms with Gasteiger partial charge in [0, 0.05) is 12.2 Å². The maximum atomic E-state index is 12.0. The van der Waals surface area contributed by atoms with E-state index in [1.807, 2.05) is 0 Å². The predicted molar refractivity (Wildman–Crippen MR) is 78.8 cm³/mol. The van der Waals surface area contributed by atoms with Crippen molar-refractivity contribution in [3.8, 4) is 0 Å². The zero-order valence-corrected chi connectivity index (χ0v) is 12.6. The van der Waals surface area contributed by atoms with Gasteiger partial charge in [-0.3, -0.25) is 14.4 Å². The second-order valence-corrected chi connectivity index (χ2v) is 4.80. The average Bonchev–Trinajstić information content (AvgIpc) is 2.46. The summed E-state index contributed by atoms with van der Waals surface area (Å²) in [6.45, 7) is -0.635. The number of hydrogen-bond donors (Lipinski definition) is 7. The molecule has 126 valence electrons. The van der Waals surface area contributed by atoms with Crippen molar-refractivity contribution in [3.63, 3.8) is 0 Å². The summed E-state index contributed by atoms with van der Waals surface area (Å²) >= 11 is 3.79. The van der Waals surface area contributed by atoms with E-state index in [1.54, 1.807) is 0 Å². The lowest BCUT2D eigenvalue weighted by Gasteiger charge is -2.21. The number of hydrogen-bond acceptors (Lipinski definition) is 7. The van der Waals surface area contributed by atoms with E-state index in [0.29, 0.717) is 0 Å². The smallest absolute Gasteiger partial charge is 0.327 e. The number of carbonyl (C=O) groups is 4. The Morgan fingerprint density at radius 1 is 1.09 bits per heavy atom. The van der Waals surface area contributed by atoms with Crippen molar-refractivity contribution in [3.05, 3.63) is 0 Å². The Labute approximate surface area is 132 Å². The van der Waals surface area contributed by atoms with E-state index in [2.05, 4.69) is 23.3 Å². The lowest BCUT2D eigenvalue weighted by molar-refractivity contribution is -0.141. The van der Waals surface area contributed by atoms with Crippen LogP contribution in [-0.2, 0) is 19.2 Å². The molecule has 0 aromatic carbocycles. The quantitative estimate of drug-likeness (QED) is 0.202. The van der Waals surface area contributed by atoms with E-state index in [9.17, 15) is 19.2 Å². The summed E-state index contributed by atoms with van der Waals surface area (Å²) in [5, 5.41) is 22.0. The van der Waals surface area contributed by atoms with Crippen LogP contribution >= 0.6 is 12.6 Å². The lowest BCUT2D eigenvalue weighted by atomic mass is 10.1. The molecule has 0 unspecified atom stereocenters. The van der Waals surface area contributed by atoms with Gasteiger partial charge in [0.25, 0.3) is 0 Å². The SMILES string of the molecule is NC(=O)CC[C@H](NC(=O)[C@@H](N)CO)C(=O)N[C@@H](CS)C(=O)O. The third kappa shape index (κ3) is 7.24. The zero-order valence-electron chi connectivity index (χ0n) is 11.7. The molecule has 0 aromatic heterocycles. The van der Waals surface area contributed by atoms with Gasteiger partial charge in [-0.2, -0.15) is 12.6 Å². The van der Waals surface area contributed by atoms with E-state index in [0.717, 1.165) is 0 Å². The Balaban J connectivity index is 4.89. The summed E-state index contributed by atoms with van der Waals surface area (Å²) in [5.74, 6) is -3.78. The summed E-state index contributed by atoms with van der Waals surface area (Å²) in [4.78, 5) is 45.2. The molecule has 0 rings (SSSR count). The molecule has 11 heteroatoms. The number of carbonyl (C=O) groups excluding carboxylic acids is 3. The largest absolute Gasteiger partial charge is 0.480 e. The van der Waals surface area contributed by atoms with Crippen LogP contribution in [0.25, 0.3) is 0 Å². The van der Waals surface area contributed by atoms with Crippen LogP contribution in [0.3, 0.4) is 0 Å². The summed E-state index contributed by atoms with van der Waals surface area (Å²) in [6, 6.07) is -3.71. The van der Waals surface area contributed by atoms with Gasteiger partial charge in [0.2, 0.25) is 17.7 Å². The normalized spacial score (nSPS) is 14.5. The number of nitrogens with one attached hydrogen (secondary N) is 2. The topological polar surface area (TPSA) is 185 Å². The Hall–Kier alpha value is -1.85. The highest BCUT2D eigenvalue weighted by molar-refractivity contribution is 7.80. The first kappa shape index (κ1) is 20.1. The van der Waals surface area contributed by atoms with Crippen LogP contribution in [0.5, 0.6) is 0 Å². The number of aliphatic carboxylic acids is 1. The van der Waals surface area contributed by atoms with E-state index in [1.165, 1.54) is 0 Å². The monoisotopic (exact) mass is 336 g/mol. The standard InChI is InChI=1S/C11H20N4O6S/c12-5(3-16)9(18)14-6(1-2-8(13)17)10(19)15-7(4-22)11(20)21/h5-7,16,22H,1-4,12H2,(H2,13,17)(H,14,18)(H,15,19)(H,20,21)/t5-,6-,7-/m0/s1. The second kappa shape index (κ2) is 9.97. The van der Waals surface area contributed by atoms with Gasteiger partial charge >= 0.3 is 5.97 Å². The van der Waals surface area contributed by atoms with Gasteiger partial charge in [-0.15, -0.1) is 0 Å². The number of aliphatic hydroxyl groups is 1. The fourth-order valence-electron chi connectivity index (χ4n) is 1.37. The molecule has 0 aromatic rings. The third-order valence-electron chi connectivity index (χ3n) is 2.64. The molecule has 10 nitrogen and oxygen atoms in total. The van der Waals surface area contributed by atoms with Crippen molar-refractivity contribution in [2.75, 3.05) is 12.4 Å². The molecule has 0 saturated carbocycles. The van der Waals surface area contributed by atoms with Crippen molar-refractivity contribution in [2.24, 2.45) is 11.5 Å². The van der Waals surface area contributed by atoms with Crippen molar-refractivity contribution < 1.29 is 29.4 Å². The van der Waals surface area contributed by atoms with Crippen LogP contribution in [0.15, 0.2) is 0 Å². The molecule has 0 heterocycles. The molecule has 3 amide bonds. The summed E-state index contributed by atoms with van der Waals surface area (Å²) in [7, 11) is 0. The molecule has 0 aliphatic heterocycles. The number of aliphatic hydroxyl groups excluding tert-OH is 1. The van der Waals surface area contributed by atoms with Gasteiger partial charge in [-0.1, -0.05) is 0 Å². The summed E-state index contributed by atoms with van der Waals surface area (Å²) in [6.07, 6.45) is -0.338. The number of amides is 3. The summed E-state index contributed by atoms with van der Waals surface area (Å²) in [5.41, 5.74) is 10.3. The molecular weight excluding hydrogens is 316 g/mol. The van der Waals surface area contributed by atoms with Crippen LogP contribution in [-0.4, -0.2) is 64.4 Å². The molecular formula is C11H20N4O6S. The van der Waals surface area contributed by atoms with Crippen molar-refractivity contribution in [1.82, 2.24) is 10.6 Å². The molecule has 0 spiro atoms. The minimum Gasteiger partial charge on any atom is -0.480 e. The van der Waals surface area contributed by atoms with Crippen LogP contribution in [0, 0.1) is 0 Å². The highest BCUT2D eigenvalue weighted by Gasteiger charge is 2.27. The summed E-state index contributed by atoms with van der Waals surface area (Å²) < 4.78 is 0. The Morgan fingerprint density at radius 2 is 1.64 bits per heavy atom. The molecule has 3 atom stereocenters. The Morgan fingerprint density at radius 3 is 2.05 bits per heavy atom. The molecule has 8 N–H and O–H groups in total. The first-order chi connectivity index (χ1) is 10.2. The molecule has 0 saturated heterocycles. The van der Waals surface area contributed by atoms with Crippen LogP contribution in [0.4, 0.5) is 0 Å². The van der Waals surface area contributed by atoms with Gasteiger partial charge in [-0.05, 0) is 6.42 Å². The number of nitrogens with two attached hydrogens (primary N) is 2. The number of carboxylic acid groups (broad SMARTS) is 1. The zero-order chi connectivity index (χ0) is 17.3. The highest BCUT2D eigenvalue weighted by Crippen LogP contribution is 2.00. The van der Waals surface area contributed by atoms with Crippen LogP contribution in [0.2, 0.25) is 0 Å². The number of carboxylic acids is 1.